The van der Waals surface area contributed by atoms with E-state index >= 15 is 0 Å². The van der Waals surface area contributed by atoms with Crippen LogP contribution in [-0.2, 0) is 14.3 Å². The van der Waals surface area contributed by atoms with Gasteiger partial charge in [-0.25, -0.2) is 4.68 Å². The molecule has 1 amide bonds. The lowest BCUT2D eigenvalue weighted by atomic mass is 9.99. The number of carbonyl (C=O) groups is 1. The van der Waals surface area contributed by atoms with Crippen LogP contribution in [0.4, 0.5) is 0 Å². The molecule has 0 spiro atoms. The van der Waals surface area contributed by atoms with Crippen LogP contribution in [0.1, 0.15) is 57.7 Å². The fraction of sp³-hybridized carbons (Fsp3) is 0.645. The molecule has 5 atom stereocenters. The number of hydrogen-bond donors (Lipinski definition) is 0. The van der Waals surface area contributed by atoms with E-state index < -0.39 is 0 Å². The molecule has 222 valence electrons. The van der Waals surface area contributed by atoms with Crippen LogP contribution in [0, 0.1) is 17.8 Å². The van der Waals surface area contributed by atoms with Crippen molar-refractivity contribution in [2.45, 2.75) is 70.3 Å². The summed E-state index contributed by atoms with van der Waals surface area (Å²) in [6.07, 6.45) is 7.29. The molecule has 10 nitrogen and oxygen atoms in total. The number of nitrogens with zero attached hydrogens (tertiary/aromatic N) is 5. The van der Waals surface area contributed by atoms with Crippen molar-refractivity contribution in [1.29, 1.82) is 0 Å². The minimum Gasteiger partial charge on any atom is -0.497 e. The first kappa shape index (κ1) is 29.4. The quantitative estimate of drug-likeness (QED) is 0.406. The van der Waals surface area contributed by atoms with Crippen LogP contribution in [0.15, 0.2) is 30.5 Å². The van der Waals surface area contributed by atoms with Crippen LogP contribution < -0.4 is 9.47 Å². The topological polar surface area (TPSA) is 91.2 Å². The Kier molecular flexibility index (Phi) is 10.1. The maximum absolute atomic E-state index is 13.3. The second kappa shape index (κ2) is 14.2. The highest BCUT2D eigenvalue weighted by molar-refractivity contribution is 5.79. The van der Waals surface area contributed by atoms with E-state index in [1.807, 2.05) is 47.0 Å². The van der Waals surface area contributed by atoms with Crippen molar-refractivity contribution in [3.63, 3.8) is 0 Å². The second-order valence-electron chi connectivity index (χ2n) is 11.4. The smallest absolute Gasteiger partial charge is 0.228 e. The zero-order chi connectivity index (χ0) is 28.6. The highest BCUT2D eigenvalue weighted by Crippen LogP contribution is 2.31. The van der Waals surface area contributed by atoms with Gasteiger partial charge in [-0.15, -0.1) is 5.10 Å². The highest BCUT2D eigenvalue weighted by Gasteiger charge is 2.36. The molecule has 3 aliphatic rings. The Morgan fingerprint density at radius 2 is 1.85 bits per heavy atom. The second-order valence-corrected chi connectivity index (χ2v) is 11.4. The van der Waals surface area contributed by atoms with Crippen molar-refractivity contribution in [3.05, 3.63) is 36.2 Å². The summed E-state index contributed by atoms with van der Waals surface area (Å²) in [5.41, 5.74) is 0.607. The number of methoxy groups -OCH3 is 1. The SMILES string of the molecule is COc1ccc(OCC#Cc2cn([C@H](C)C[C@@H]3CC[C@H]([C@@H](C)C(=O)N4CCN(CC5CCCO5)CC4)O3)nn2)cc1. The average molecular weight is 566 g/mol. The van der Waals surface area contributed by atoms with Crippen molar-refractivity contribution in [2.24, 2.45) is 5.92 Å². The first-order chi connectivity index (χ1) is 20.0. The molecule has 41 heavy (non-hydrogen) atoms. The van der Waals surface area contributed by atoms with Crippen molar-refractivity contribution in [3.8, 4) is 23.3 Å². The van der Waals surface area contributed by atoms with Crippen molar-refractivity contribution < 1.29 is 23.7 Å². The Balaban J connectivity index is 1.02. The maximum Gasteiger partial charge on any atom is 0.228 e. The lowest BCUT2D eigenvalue weighted by molar-refractivity contribution is -0.142. The zero-order valence-electron chi connectivity index (χ0n) is 24.5. The monoisotopic (exact) mass is 565 g/mol. The van der Waals surface area contributed by atoms with Crippen LogP contribution >= 0.6 is 0 Å². The first-order valence-electron chi connectivity index (χ1n) is 14.9. The van der Waals surface area contributed by atoms with Crippen LogP contribution in [-0.4, -0.2) is 102 Å². The summed E-state index contributed by atoms with van der Waals surface area (Å²) in [5, 5.41) is 8.47. The van der Waals surface area contributed by atoms with Gasteiger partial charge in [0.1, 0.15) is 18.1 Å². The van der Waals surface area contributed by atoms with E-state index in [0.29, 0.717) is 11.8 Å². The Bertz CT molecular complexity index is 1180. The number of amides is 1. The van der Waals surface area contributed by atoms with E-state index in [2.05, 4.69) is 34.0 Å². The molecule has 0 bridgehead atoms. The molecule has 3 fully saturated rings. The number of carbonyl (C=O) groups excluding carboxylic acids is 1. The number of ether oxygens (including phenoxy) is 4. The van der Waals surface area contributed by atoms with Gasteiger partial charge in [0.2, 0.25) is 5.91 Å². The van der Waals surface area contributed by atoms with Crippen LogP contribution in [0.3, 0.4) is 0 Å². The van der Waals surface area contributed by atoms with E-state index in [1.165, 1.54) is 6.42 Å². The van der Waals surface area contributed by atoms with Gasteiger partial charge in [0.25, 0.3) is 0 Å². The highest BCUT2D eigenvalue weighted by atomic mass is 16.5. The predicted molar refractivity (Wildman–Crippen MR) is 154 cm³/mol. The molecular formula is C31H43N5O5. The van der Waals surface area contributed by atoms with Gasteiger partial charge in [-0.3, -0.25) is 9.69 Å². The number of piperazine rings is 1. The molecule has 3 aliphatic heterocycles. The summed E-state index contributed by atoms with van der Waals surface area (Å²) < 4.78 is 24.8. The third-order valence-electron chi connectivity index (χ3n) is 8.41. The molecule has 2 aromatic rings. The molecule has 1 aromatic heterocycles. The van der Waals surface area contributed by atoms with Crippen LogP contribution in [0.5, 0.6) is 11.5 Å². The summed E-state index contributed by atoms with van der Waals surface area (Å²) in [6, 6.07) is 7.50. The summed E-state index contributed by atoms with van der Waals surface area (Å²) in [5.74, 6) is 7.61. The lowest BCUT2D eigenvalue weighted by Crippen LogP contribution is -2.52. The van der Waals surface area contributed by atoms with E-state index in [4.69, 9.17) is 18.9 Å². The van der Waals surface area contributed by atoms with Gasteiger partial charge in [-0.1, -0.05) is 18.1 Å². The van der Waals surface area contributed by atoms with Crippen molar-refractivity contribution in [2.75, 3.05) is 53.0 Å². The van der Waals surface area contributed by atoms with E-state index in [9.17, 15) is 4.79 Å². The molecule has 10 heteroatoms. The molecule has 1 aromatic carbocycles. The standard InChI is InChI=1S/C31H43N5O5/c1-23(36-21-25(32-33-36)6-4-18-39-27-10-8-26(38-3)9-11-27)20-28-12-13-30(41-28)24(2)31(37)35-16-14-34(15-17-35)22-29-7-5-19-40-29/h8-11,21,23-24,28-30H,5,7,12-20,22H2,1-3H3/t23-,24-,28+,29?,30-/m1/s1. The summed E-state index contributed by atoms with van der Waals surface area (Å²) in [6.45, 7) is 9.68. The van der Waals surface area contributed by atoms with Crippen molar-refractivity contribution >= 4 is 5.91 Å². The van der Waals surface area contributed by atoms with E-state index in [1.54, 1.807) is 7.11 Å². The fourth-order valence-electron chi connectivity index (χ4n) is 5.90. The minimum absolute atomic E-state index is 0.0347. The van der Waals surface area contributed by atoms with Crippen LogP contribution in [0.25, 0.3) is 0 Å². The van der Waals surface area contributed by atoms with Crippen molar-refractivity contribution in [1.82, 2.24) is 24.8 Å². The number of aromatic nitrogens is 3. The molecule has 0 aliphatic carbocycles. The Labute approximate surface area is 243 Å². The molecule has 3 saturated heterocycles. The van der Waals surface area contributed by atoms with Gasteiger partial charge in [0.15, 0.2) is 5.69 Å². The largest absolute Gasteiger partial charge is 0.497 e. The number of benzene rings is 1. The third-order valence-corrected chi connectivity index (χ3v) is 8.41. The maximum atomic E-state index is 13.3. The lowest BCUT2D eigenvalue weighted by Gasteiger charge is -2.37. The van der Waals surface area contributed by atoms with E-state index in [-0.39, 0.29) is 36.7 Å². The first-order valence-corrected chi connectivity index (χ1v) is 14.9. The Morgan fingerprint density at radius 3 is 2.59 bits per heavy atom. The Hall–Kier alpha value is -3.13. The van der Waals surface area contributed by atoms with Gasteiger partial charge >= 0.3 is 0 Å². The molecule has 0 radical (unpaired) electrons. The normalized spacial score (nSPS) is 24.5. The molecule has 5 rings (SSSR count). The molecule has 4 heterocycles. The third kappa shape index (κ3) is 8.00. The minimum atomic E-state index is -0.131. The fourth-order valence-corrected chi connectivity index (χ4v) is 5.90. The average Bonchev–Trinajstić information content (AvgIpc) is 3.78. The van der Waals surface area contributed by atoms with Gasteiger partial charge in [0, 0.05) is 39.3 Å². The molecular weight excluding hydrogens is 522 g/mol. The number of hydrogen-bond acceptors (Lipinski definition) is 8. The van der Waals surface area contributed by atoms with Crippen LogP contribution in [0.2, 0.25) is 0 Å². The van der Waals surface area contributed by atoms with Gasteiger partial charge < -0.3 is 23.8 Å². The van der Waals surface area contributed by atoms with Gasteiger partial charge in [-0.05, 0) is 69.2 Å². The zero-order valence-corrected chi connectivity index (χ0v) is 24.5. The number of rotatable bonds is 10. The van der Waals surface area contributed by atoms with E-state index in [0.717, 1.165) is 76.5 Å². The molecule has 0 saturated carbocycles. The molecule has 1 unspecified atom stereocenters. The summed E-state index contributed by atoms with van der Waals surface area (Å²) in [4.78, 5) is 17.7. The van der Waals surface area contributed by atoms with Gasteiger partial charge in [-0.2, -0.15) is 0 Å². The summed E-state index contributed by atoms with van der Waals surface area (Å²) in [7, 11) is 1.63. The summed E-state index contributed by atoms with van der Waals surface area (Å²) >= 11 is 0. The van der Waals surface area contributed by atoms with Gasteiger partial charge in [0.05, 0.1) is 43.6 Å². The Morgan fingerprint density at radius 1 is 1.07 bits per heavy atom. The molecule has 0 N–H and O–H groups in total. The predicted octanol–water partition coefficient (Wildman–Crippen LogP) is 3.18.